The monoisotopic (exact) mass is 393 g/mol. The van der Waals surface area contributed by atoms with Gasteiger partial charge in [0.25, 0.3) is 0 Å². The summed E-state index contributed by atoms with van der Waals surface area (Å²) in [5, 5.41) is 5.75. The molecular weight excluding hydrogens is 378 g/mol. The number of rotatable bonds is 6. The van der Waals surface area contributed by atoms with E-state index in [1.807, 2.05) is 72.8 Å². The Labute approximate surface area is 166 Å². The Bertz CT molecular complexity index is 1060. The van der Waals surface area contributed by atoms with Crippen molar-refractivity contribution in [2.24, 2.45) is 5.10 Å². The van der Waals surface area contributed by atoms with Crippen molar-refractivity contribution in [1.29, 1.82) is 0 Å². The van der Waals surface area contributed by atoms with E-state index in [0.717, 1.165) is 32.2 Å². The van der Waals surface area contributed by atoms with E-state index in [9.17, 15) is 0 Å². The molecule has 6 heteroatoms. The average Bonchev–Trinajstić information content (AvgIpc) is 3.11. The van der Waals surface area contributed by atoms with Gasteiger partial charge < -0.3 is 4.74 Å². The number of benzene rings is 3. The van der Waals surface area contributed by atoms with E-state index in [0.29, 0.717) is 11.6 Å². The lowest BCUT2D eigenvalue weighted by Gasteiger charge is -2.10. The van der Waals surface area contributed by atoms with E-state index in [4.69, 9.17) is 16.3 Å². The molecule has 0 spiro atoms. The molecule has 4 rings (SSSR count). The second kappa shape index (κ2) is 8.20. The molecule has 1 aromatic heterocycles. The maximum atomic E-state index is 6.19. The first-order valence-corrected chi connectivity index (χ1v) is 9.59. The van der Waals surface area contributed by atoms with Crippen LogP contribution < -0.4 is 10.2 Å². The van der Waals surface area contributed by atoms with Crippen LogP contribution in [0.4, 0.5) is 5.13 Å². The summed E-state index contributed by atoms with van der Waals surface area (Å²) in [5.41, 5.74) is 5.77. The molecule has 1 N–H and O–H groups in total. The molecule has 4 nitrogen and oxygen atoms in total. The molecule has 0 aliphatic heterocycles. The number of halogens is 1. The van der Waals surface area contributed by atoms with Crippen LogP contribution in [-0.4, -0.2) is 11.2 Å². The Hall–Kier alpha value is -2.89. The second-order valence-electron chi connectivity index (χ2n) is 5.77. The molecule has 0 atom stereocenters. The quantitative estimate of drug-likeness (QED) is 0.324. The third-order valence-electron chi connectivity index (χ3n) is 3.92. The molecular formula is C21H16ClN3OS. The first-order valence-electron chi connectivity index (χ1n) is 8.39. The van der Waals surface area contributed by atoms with Gasteiger partial charge in [0.1, 0.15) is 12.4 Å². The number of aromatic nitrogens is 1. The number of ether oxygens (including phenoxy) is 1. The molecule has 0 aliphatic carbocycles. The summed E-state index contributed by atoms with van der Waals surface area (Å²) in [5.74, 6) is 0.743. The minimum Gasteiger partial charge on any atom is -0.488 e. The predicted octanol–water partition coefficient (Wildman–Crippen LogP) is 5.97. The molecule has 0 radical (unpaired) electrons. The van der Waals surface area contributed by atoms with Crippen LogP contribution in [0.25, 0.3) is 10.2 Å². The van der Waals surface area contributed by atoms with Gasteiger partial charge in [-0.15, -0.1) is 0 Å². The molecule has 0 saturated heterocycles. The lowest BCUT2D eigenvalue weighted by atomic mass is 10.2. The number of thiazole rings is 1. The second-order valence-corrected chi connectivity index (χ2v) is 7.21. The smallest absolute Gasteiger partial charge is 0.204 e. The molecule has 0 bridgehead atoms. The highest BCUT2D eigenvalue weighted by Gasteiger charge is 2.05. The number of hydrogen-bond acceptors (Lipinski definition) is 5. The maximum absolute atomic E-state index is 6.19. The van der Waals surface area contributed by atoms with Crippen LogP contribution in [0.15, 0.2) is 77.9 Å². The molecule has 0 fully saturated rings. The number of nitrogens with one attached hydrogen (secondary N) is 1. The fraction of sp³-hybridized carbons (Fsp3) is 0.0476. The molecule has 4 aromatic rings. The molecule has 3 aromatic carbocycles. The third-order valence-corrected chi connectivity index (χ3v) is 5.23. The van der Waals surface area contributed by atoms with Crippen LogP contribution in [-0.2, 0) is 6.61 Å². The van der Waals surface area contributed by atoms with Crippen molar-refractivity contribution in [3.8, 4) is 5.75 Å². The number of anilines is 1. The van der Waals surface area contributed by atoms with Crippen molar-refractivity contribution in [2.75, 3.05) is 5.43 Å². The third kappa shape index (κ3) is 4.27. The van der Waals surface area contributed by atoms with Crippen molar-refractivity contribution in [1.82, 2.24) is 4.98 Å². The van der Waals surface area contributed by atoms with E-state index < -0.39 is 0 Å². The van der Waals surface area contributed by atoms with E-state index in [-0.39, 0.29) is 0 Å². The molecule has 0 aliphatic rings. The predicted molar refractivity (Wildman–Crippen MR) is 113 cm³/mol. The molecule has 27 heavy (non-hydrogen) atoms. The summed E-state index contributed by atoms with van der Waals surface area (Å²) >= 11 is 7.76. The minimum atomic E-state index is 0.399. The zero-order chi connectivity index (χ0) is 18.5. The highest BCUT2D eigenvalue weighted by Crippen LogP contribution is 2.25. The lowest BCUT2D eigenvalue weighted by molar-refractivity contribution is 0.306. The largest absolute Gasteiger partial charge is 0.488 e. The van der Waals surface area contributed by atoms with Gasteiger partial charge in [-0.25, -0.2) is 4.98 Å². The molecule has 0 amide bonds. The van der Waals surface area contributed by atoms with E-state index in [1.165, 1.54) is 0 Å². The summed E-state index contributed by atoms with van der Waals surface area (Å²) < 4.78 is 7.06. The van der Waals surface area contributed by atoms with Crippen LogP contribution in [0.5, 0.6) is 5.75 Å². The molecule has 134 valence electrons. The number of fused-ring (bicyclic) bond motifs is 1. The van der Waals surface area contributed by atoms with E-state index in [1.54, 1.807) is 17.6 Å². The fourth-order valence-electron chi connectivity index (χ4n) is 2.57. The summed E-state index contributed by atoms with van der Waals surface area (Å²) in [4.78, 5) is 4.50. The zero-order valence-corrected chi connectivity index (χ0v) is 15.9. The van der Waals surface area contributed by atoms with Crippen LogP contribution in [0, 0.1) is 0 Å². The first kappa shape index (κ1) is 17.5. The lowest BCUT2D eigenvalue weighted by Crippen LogP contribution is -1.99. The van der Waals surface area contributed by atoms with Crippen LogP contribution in [0.3, 0.4) is 0 Å². The Kier molecular flexibility index (Phi) is 5.32. The Morgan fingerprint density at radius 3 is 2.67 bits per heavy atom. The Morgan fingerprint density at radius 2 is 1.78 bits per heavy atom. The average molecular weight is 394 g/mol. The number of hydrazone groups is 1. The van der Waals surface area contributed by atoms with Crippen LogP contribution >= 0.6 is 22.9 Å². The maximum Gasteiger partial charge on any atom is 0.204 e. The van der Waals surface area contributed by atoms with Gasteiger partial charge in [-0.1, -0.05) is 65.4 Å². The van der Waals surface area contributed by atoms with E-state index in [2.05, 4.69) is 15.5 Å². The van der Waals surface area contributed by atoms with Crippen LogP contribution in [0.1, 0.15) is 11.1 Å². The molecule has 1 heterocycles. The van der Waals surface area contributed by atoms with Crippen molar-refractivity contribution < 1.29 is 4.74 Å². The summed E-state index contributed by atoms with van der Waals surface area (Å²) in [6, 6.07) is 23.4. The number of nitrogens with zero attached hydrogens (tertiary/aromatic N) is 2. The summed E-state index contributed by atoms with van der Waals surface area (Å²) in [6.45, 7) is 0.399. The Morgan fingerprint density at radius 1 is 1.00 bits per heavy atom. The van der Waals surface area contributed by atoms with Crippen molar-refractivity contribution in [3.05, 3.63) is 88.9 Å². The van der Waals surface area contributed by atoms with Crippen molar-refractivity contribution >= 4 is 44.5 Å². The highest BCUT2D eigenvalue weighted by molar-refractivity contribution is 7.22. The molecule has 0 saturated carbocycles. The zero-order valence-electron chi connectivity index (χ0n) is 14.3. The number of para-hydroxylation sites is 2. The number of hydrogen-bond donors (Lipinski definition) is 1. The van der Waals surface area contributed by atoms with Gasteiger partial charge in [-0.05, 0) is 30.3 Å². The van der Waals surface area contributed by atoms with Gasteiger partial charge in [0.15, 0.2) is 0 Å². The van der Waals surface area contributed by atoms with Gasteiger partial charge in [-0.2, -0.15) is 5.10 Å². The molecule has 0 unspecified atom stereocenters. The van der Waals surface area contributed by atoms with Gasteiger partial charge >= 0.3 is 0 Å². The normalized spacial score (nSPS) is 11.1. The first-order chi connectivity index (χ1) is 13.3. The van der Waals surface area contributed by atoms with Gasteiger partial charge in [-0.3, -0.25) is 5.43 Å². The van der Waals surface area contributed by atoms with E-state index >= 15 is 0 Å². The van der Waals surface area contributed by atoms with Gasteiger partial charge in [0.05, 0.1) is 16.4 Å². The standard InChI is InChI=1S/C21H16ClN3OS/c22-17-9-3-1-8-16(17)14-26-19-11-5-2-7-15(19)13-23-25-21-24-18-10-4-6-12-20(18)27-21/h1-13H,14H2,(H,24,25)/b23-13-. The Balaban J connectivity index is 1.45. The van der Waals surface area contributed by atoms with Crippen molar-refractivity contribution in [3.63, 3.8) is 0 Å². The minimum absolute atomic E-state index is 0.399. The van der Waals surface area contributed by atoms with Gasteiger partial charge in [0, 0.05) is 16.1 Å². The fourth-order valence-corrected chi connectivity index (χ4v) is 3.57. The SMILES string of the molecule is Clc1ccccc1COc1ccccc1/C=N\Nc1nc2ccccc2s1. The summed E-state index contributed by atoms with van der Waals surface area (Å²) in [7, 11) is 0. The van der Waals surface area contributed by atoms with Gasteiger partial charge in [0.2, 0.25) is 5.13 Å². The van der Waals surface area contributed by atoms with Crippen LogP contribution in [0.2, 0.25) is 5.02 Å². The highest BCUT2D eigenvalue weighted by atomic mass is 35.5. The summed E-state index contributed by atoms with van der Waals surface area (Å²) in [6.07, 6.45) is 1.73. The van der Waals surface area contributed by atoms with Crippen molar-refractivity contribution in [2.45, 2.75) is 6.61 Å². The topological polar surface area (TPSA) is 46.5 Å².